The van der Waals surface area contributed by atoms with E-state index in [0.717, 1.165) is 36.1 Å². The van der Waals surface area contributed by atoms with E-state index >= 15 is 0 Å². The highest BCUT2D eigenvalue weighted by molar-refractivity contribution is 7.98. The van der Waals surface area contributed by atoms with Crippen molar-refractivity contribution >= 4 is 39.3 Å². The molecule has 1 saturated heterocycles. The fourth-order valence-electron chi connectivity index (χ4n) is 4.31. The molecule has 0 aliphatic carbocycles. The van der Waals surface area contributed by atoms with Gasteiger partial charge in [0.2, 0.25) is 0 Å². The van der Waals surface area contributed by atoms with Crippen LogP contribution in [0.3, 0.4) is 0 Å². The first-order valence-corrected chi connectivity index (χ1v) is 15.0. The fourth-order valence-corrected chi connectivity index (χ4v) is 5.99. The first kappa shape index (κ1) is 26.8. The zero-order valence-corrected chi connectivity index (χ0v) is 22.4. The van der Waals surface area contributed by atoms with Gasteiger partial charge in [-0.05, 0) is 55.0 Å². The Morgan fingerprint density at radius 3 is 2.24 bits per heavy atom. The number of thioether (sulfide) groups is 1. The zero-order valence-electron chi connectivity index (χ0n) is 20.8. The summed E-state index contributed by atoms with van der Waals surface area (Å²) in [6, 6.07) is 20.5. The summed E-state index contributed by atoms with van der Waals surface area (Å²) in [5, 5.41) is 2.84. The largest absolute Gasteiger partial charge is 0.348 e. The van der Waals surface area contributed by atoms with Crippen molar-refractivity contribution in [2.24, 2.45) is 0 Å². The highest BCUT2D eigenvalue weighted by Crippen LogP contribution is 2.28. The molecule has 1 heterocycles. The molecular formula is C28H31N3O4S2. The van der Waals surface area contributed by atoms with Crippen molar-refractivity contribution in [3.63, 3.8) is 0 Å². The minimum Gasteiger partial charge on any atom is -0.348 e. The molecule has 0 bridgehead atoms. The van der Waals surface area contributed by atoms with Crippen LogP contribution in [-0.4, -0.2) is 44.5 Å². The Balaban J connectivity index is 1.57. The van der Waals surface area contributed by atoms with Crippen molar-refractivity contribution in [1.29, 1.82) is 0 Å². The van der Waals surface area contributed by atoms with Crippen molar-refractivity contribution in [3.05, 3.63) is 89.5 Å². The average molecular weight is 538 g/mol. The summed E-state index contributed by atoms with van der Waals surface area (Å²) >= 11 is 1.41. The van der Waals surface area contributed by atoms with Crippen molar-refractivity contribution in [3.8, 4) is 0 Å². The summed E-state index contributed by atoms with van der Waals surface area (Å²) in [4.78, 5) is 28.8. The van der Waals surface area contributed by atoms with E-state index in [2.05, 4.69) is 10.0 Å². The highest BCUT2D eigenvalue weighted by Gasteiger charge is 2.24. The molecule has 2 N–H and O–H groups in total. The molecule has 0 atom stereocenters. The summed E-state index contributed by atoms with van der Waals surface area (Å²) in [7, 11) is -4.07. The third-order valence-electron chi connectivity index (χ3n) is 6.32. The lowest BCUT2D eigenvalue weighted by atomic mass is 10.1. The van der Waals surface area contributed by atoms with Crippen LogP contribution in [0.4, 0.5) is 5.69 Å². The lowest BCUT2D eigenvalue weighted by Gasteiger charge is -2.22. The number of carbonyl (C=O) groups is 2. The third kappa shape index (κ3) is 6.72. The van der Waals surface area contributed by atoms with Crippen LogP contribution in [0.15, 0.2) is 82.6 Å². The SMILES string of the molecule is CSc1ccc(S(=O)(=O)Nc2ccccc2C(=O)NCc2ccccc2)cc1C(=O)N1CCCCCC1. The second kappa shape index (κ2) is 12.3. The maximum absolute atomic E-state index is 13.4. The molecule has 1 aliphatic heterocycles. The van der Waals surface area contributed by atoms with Gasteiger partial charge in [0.25, 0.3) is 21.8 Å². The predicted octanol–water partition coefficient (Wildman–Crippen LogP) is 5.16. The van der Waals surface area contributed by atoms with Gasteiger partial charge in [0.15, 0.2) is 0 Å². The molecule has 0 saturated carbocycles. The second-order valence-corrected chi connectivity index (χ2v) is 11.4. The number of para-hydroxylation sites is 1. The molecule has 1 aliphatic rings. The van der Waals surface area contributed by atoms with E-state index in [1.165, 1.54) is 23.9 Å². The van der Waals surface area contributed by atoms with Gasteiger partial charge in [0.05, 0.1) is 21.7 Å². The van der Waals surface area contributed by atoms with Gasteiger partial charge >= 0.3 is 0 Å². The maximum atomic E-state index is 13.4. The maximum Gasteiger partial charge on any atom is 0.261 e. The number of benzene rings is 3. The molecule has 0 spiro atoms. The molecule has 3 aromatic rings. The molecule has 9 heteroatoms. The third-order valence-corrected chi connectivity index (χ3v) is 8.48. The lowest BCUT2D eigenvalue weighted by molar-refractivity contribution is 0.0757. The first-order valence-electron chi connectivity index (χ1n) is 12.3. The van der Waals surface area contributed by atoms with E-state index in [9.17, 15) is 18.0 Å². The Kier molecular flexibility index (Phi) is 8.89. The Hall–Kier alpha value is -3.30. The summed E-state index contributed by atoms with van der Waals surface area (Å²) < 4.78 is 29.3. The molecule has 37 heavy (non-hydrogen) atoms. The average Bonchev–Trinajstić information content (AvgIpc) is 3.21. The summed E-state index contributed by atoms with van der Waals surface area (Å²) in [6.07, 6.45) is 5.95. The molecule has 7 nitrogen and oxygen atoms in total. The van der Waals surface area contributed by atoms with Crippen LogP contribution < -0.4 is 10.0 Å². The summed E-state index contributed by atoms with van der Waals surface area (Å²) in [5.41, 5.74) is 1.70. The molecule has 1 fully saturated rings. The number of hydrogen-bond acceptors (Lipinski definition) is 5. The number of carbonyl (C=O) groups excluding carboxylic acids is 2. The monoisotopic (exact) mass is 537 g/mol. The van der Waals surface area contributed by atoms with Crippen LogP contribution in [0.1, 0.15) is 52.0 Å². The van der Waals surface area contributed by atoms with Crippen molar-refractivity contribution in [1.82, 2.24) is 10.2 Å². The van der Waals surface area contributed by atoms with E-state index in [4.69, 9.17) is 0 Å². The molecule has 0 radical (unpaired) electrons. The van der Waals surface area contributed by atoms with E-state index in [-0.39, 0.29) is 22.1 Å². The molecule has 194 valence electrons. The van der Waals surface area contributed by atoms with Crippen LogP contribution in [0.25, 0.3) is 0 Å². The minimum absolute atomic E-state index is 0.0250. The first-order chi connectivity index (χ1) is 17.9. The topological polar surface area (TPSA) is 95.6 Å². The Morgan fingerprint density at radius 2 is 1.54 bits per heavy atom. The van der Waals surface area contributed by atoms with Gasteiger partial charge in [-0.2, -0.15) is 0 Å². The summed E-state index contributed by atoms with van der Waals surface area (Å²) in [5.74, 6) is -0.541. The number of nitrogens with one attached hydrogen (secondary N) is 2. The normalized spacial score (nSPS) is 14.0. The number of hydrogen-bond donors (Lipinski definition) is 2. The van der Waals surface area contributed by atoms with E-state index in [0.29, 0.717) is 25.2 Å². The van der Waals surface area contributed by atoms with Crippen LogP contribution in [0.5, 0.6) is 0 Å². The van der Waals surface area contributed by atoms with Gasteiger partial charge in [0.1, 0.15) is 0 Å². The van der Waals surface area contributed by atoms with E-state index < -0.39 is 15.9 Å². The van der Waals surface area contributed by atoms with Crippen LogP contribution in [0, 0.1) is 0 Å². The van der Waals surface area contributed by atoms with Gasteiger partial charge < -0.3 is 10.2 Å². The smallest absolute Gasteiger partial charge is 0.261 e. The number of likely N-dealkylation sites (tertiary alicyclic amines) is 1. The number of sulfonamides is 1. The number of anilines is 1. The number of rotatable bonds is 8. The zero-order chi connectivity index (χ0) is 26.3. The van der Waals surface area contributed by atoms with Gasteiger partial charge in [-0.25, -0.2) is 8.42 Å². The molecule has 2 amide bonds. The summed E-state index contributed by atoms with van der Waals surface area (Å²) in [6.45, 7) is 1.67. The van der Waals surface area contributed by atoms with E-state index in [1.807, 2.05) is 41.5 Å². The Bertz CT molecular complexity index is 1350. The quantitative estimate of drug-likeness (QED) is 0.387. The standard InChI is InChI=1S/C28H31N3O4S2/c1-36-26-16-15-22(19-24(26)28(33)31-17-9-2-3-10-18-31)37(34,35)30-25-14-8-7-13-23(25)27(32)29-20-21-11-5-4-6-12-21/h4-8,11-16,19,30H,2-3,9-10,17-18,20H2,1H3,(H,29,32). The van der Waals surface area contributed by atoms with Crippen LogP contribution >= 0.6 is 11.8 Å². The number of amides is 2. The van der Waals surface area contributed by atoms with Gasteiger partial charge in [-0.1, -0.05) is 55.3 Å². The predicted molar refractivity (Wildman–Crippen MR) is 147 cm³/mol. The highest BCUT2D eigenvalue weighted by atomic mass is 32.2. The molecule has 0 aromatic heterocycles. The molecule has 0 unspecified atom stereocenters. The van der Waals surface area contributed by atoms with Gasteiger partial charge in [0, 0.05) is 24.5 Å². The fraction of sp³-hybridized carbons (Fsp3) is 0.286. The van der Waals surface area contributed by atoms with Crippen molar-refractivity contribution in [2.45, 2.75) is 42.0 Å². The molecule has 4 rings (SSSR count). The van der Waals surface area contributed by atoms with E-state index in [1.54, 1.807) is 30.3 Å². The van der Waals surface area contributed by atoms with Crippen molar-refractivity contribution in [2.75, 3.05) is 24.1 Å². The Morgan fingerprint density at radius 1 is 0.865 bits per heavy atom. The Labute approximate surface area is 222 Å². The molecular weight excluding hydrogens is 506 g/mol. The van der Waals surface area contributed by atoms with Crippen LogP contribution in [0.2, 0.25) is 0 Å². The second-order valence-electron chi connectivity index (χ2n) is 8.89. The van der Waals surface area contributed by atoms with Crippen molar-refractivity contribution < 1.29 is 18.0 Å². The number of nitrogens with zero attached hydrogens (tertiary/aromatic N) is 1. The molecule has 3 aromatic carbocycles. The lowest BCUT2D eigenvalue weighted by Crippen LogP contribution is -2.32. The van der Waals surface area contributed by atoms with Gasteiger partial charge in [-0.3, -0.25) is 14.3 Å². The minimum atomic E-state index is -4.07. The van der Waals surface area contributed by atoms with Gasteiger partial charge in [-0.15, -0.1) is 11.8 Å². The van der Waals surface area contributed by atoms with Crippen LogP contribution in [-0.2, 0) is 16.6 Å².